The molecule has 0 spiro atoms. The molecule has 0 aliphatic carbocycles. The fourth-order valence-corrected chi connectivity index (χ4v) is 3.59. The Balaban J connectivity index is 1.41. The molecule has 3 rings (SSSR count). The van der Waals surface area contributed by atoms with Crippen molar-refractivity contribution in [2.45, 2.75) is 26.7 Å². The quantitative estimate of drug-likeness (QED) is 0.577. The lowest BCUT2D eigenvalue weighted by Crippen LogP contribution is -2.21. The van der Waals surface area contributed by atoms with Crippen LogP contribution in [-0.4, -0.2) is 31.1 Å². The number of esters is 1. The van der Waals surface area contributed by atoms with Gasteiger partial charge in [0.15, 0.2) is 23.9 Å². The number of carbonyl (C=O) groups excluding carboxylic acids is 3. The zero-order valence-corrected chi connectivity index (χ0v) is 15.8. The predicted octanol–water partition coefficient (Wildman–Crippen LogP) is 3.24. The Morgan fingerprint density at radius 2 is 1.89 bits per heavy atom. The van der Waals surface area contributed by atoms with Crippen LogP contribution in [0, 0.1) is 13.8 Å². The van der Waals surface area contributed by atoms with Gasteiger partial charge >= 0.3 is 5.97 Å². The van der Waals surface area contributed by atoms with Crippen LogP contribution in [0.2, 0.25) is 0 Å². The van der Waals surface area contributed by atoms with E-state index >= 15 is 0 Å². The first-order chi connectivity index (χ1) is 12.9. The van der Waals surface area contributed by atoms with Crippen molar-refractivity contribution in [3.63, 3.8) is 0 Å². The van der Waals surface area contributed by atoms with Crippen molar-refractivity contribution in [1.29, 1.82) is 0 Å². The lowest BCUT2D eigenvalue weighted by molar-refractivity contribution is -0.147. The van der Waals surface area contributed by atoms with E-state index in [1.54, 1.807) is 29.5 Å². The van der Waals surface area contributed by atoms with E-state index in [4.69, 9.17) is 14.2 Å². The SMILES string of the molecule is Cc1cc(C(=O)CCC(=O)OCC(=O)Nc2ccc3c(c2)OCO3)c(C)s1. The largest absolute Gasteiger partial charge is 0.456 e. The van der Waals surface area contributed by atoms with Crippen molar-refractivity contribution >= 4 is 34.7 Å². The summed E-state index contributed by atoms with van der Waals surface area (Å²) < 4.78 is 15.4. The Morgan fingerprint density at radius 1 is 1.11 bits per heavy atom. The minimum atomic E-state index is -0.589. The minimum absolute atomic E-state index is 0.0552. The van der Waals surface area contributed by atoms with Gasteiger partial charge in [-0.15, -0.1) is 11.3 Å². The van der Waals surface area contributed by atoms with Crippen LogP contribution in [0.25, 0.3) is 0 Å². The van der Waals surface area contributed by atoms with Crippen LogP contribution < -0.4 is 14.8 Å². The molecular weight excluding hydrogens is 370 g/mol. The van der Waals surface area contributed by atoms with E-state index in [0.29, 0.717) is 22.7 Å². The summed E-state index contributed by atoms with van der Waals surface area (Å²) in [5.41, 5.74) is 1.16. The van der Waals surface area contributed by atoms with E-state index in [1.807, 2.05) is 19.9 Å². The number of ketones is 1. The summed E-state index contributed by atoms with van der Waals surface area (Å²) in [6, 6.07) is 6.80. The second kappa shape index (κ2) is 8.22. The number of rotatable bonds is 7. The molecule has 1 aliphatic rings. The molecule has 1 N–H and O–H groups in total. The number of fused-ring (bicyclic) bond motifs is 1. The van der Waals surface area contributed by atoms with Gasteiger partial charge in [0.25, 0.3) is 5.91 Å². The van der Waals surface area contributed by atoms with Crippen molar-refractivity contribution in [3.8, 4) is 11.5 Å². The molecule has 0 saturated heterocycles. The Hall–Kier alpha value is -2.87. The number of Topliss-reactive ketones (excluding diaryl/α,β-unsaturated/α-hetero) is 1. The van der Waals surface area contributed by atoms with E-state index in [0.717, 1.165) is 9.75 Å². The van der Waals surface area contributed by atoms with Gasteiger partial charge in [0.1, 0.15) is 0 Å². The summed E-state index contributed by atoms with van der Waals surface area (Å²) >= 11 is 1.55. The van der Waals surface area contributed by atoms with E-state index in [-0.39, 0.29) is 25.4 Å². The molecule has 1 amide bonds. The Kier molecular flexibility index (Phi) is 5.75. The third kappa shape index (κ3) is 4.85. The number of aryl methyl sites for hydroxylation is 2. The fourth-order valence-electron chi connectivity index (χ4n) is 2.65. The summed E-state index contributed by atoms with van der Waals surface area (Å²) in [6.45, 7) is 3.54. The summed E-state index contributed by atoms with van der Waals surface area (Å²) in [4.78, 5) is 37.8. The number of ether oxygens (including phenoxy) is 3. The molecule has 2 heterocycles. The topological polar surface area (TPSA) is 90.9 Å². The van der Waals surface area contributed by atoms with Crippen LogP contribution in [0.3, 0.4) is 0 Å². The zero-order chi connectivity index (χ0) is 19.4. The highest BCUT2D eigenvalue weighted by atomic mass is 32.1. The molecule has 27 heavy (non-hydrogen) atoms. The van der Waals surface area contributed by atoms with Gasteiger partial charge in [0.05, 0.1) is 6.42 Å². The summed E-state index contributed by atoms with van der Waals surface area (Å²) in [5, 5.41) is 2.61. The first kappa shape index (κ1) is 18.9. The maximum atomic E-state index is 12.2. The van der Waals surface area contributed by atoms with Crippen molar-refractivity contribution in [3.05, 3.63) is 39.6 Å². The number of amides is 1. The van der Waals surface area contributed by atoms with Crippen molar-refractivity contribution in [1.82, 2.24) is 0 Å². The minimum Gasteiger partial charge on any atom is -0.456 e. The summed E-state index contributed by atoms with van der Waals surface area (Å²) in [7, 11) is 0. The molecule has 0 radical (unpaired) electrons. The van der Waals surface area contributed by atoms with Crippen LogP contribution in [-0.2, 0) is 14.3 Å². The molecule has 1 aromatic heterocycles. The number of carbonyl (C=O) groups is 3. The van der Waals surface area contributed by atoms with E-state index in [9.17, 15) is 14.4 Å². The second-order valence-corrected chi connectivity index (χ2v) is 7.49. The zero-order valence-electron chi connectivity index (χ0n) is 15.0. The predicted molar refractivity (Wildman–Crippen MR) is 99.5 cm³/mol. The van der Waals surface area contributed by atoms with Crippen LogP contribution in [0.15, 0.2) is 24.3 Å². The summed E-state index contributed by atoms with van der Waals surface area (Å²) in [6.07, 6.45) is -0.00982. The van der Waals surface area contributed by atoms with E-state index < -0.39 is 18.5 Å². The molecule has 8 heteroatoms. The molecule has 0 atom stereocenters. The molecule has 1 aromatic carbocycles. The first-order valence-electron chi connectivity index (χ1n) is 8.38. The molecule has 2 aromatic rings. The maximum Gasteiger partial charge on any atom is 0.306 e. The van der Waals surface area contributed by atoms with Crippen molar-refractivity contribution in [2.75, 3.05) is 18.7 Å². The average Bonchev–Trinajstić information content (AvgIpc) is 3.23. The molecule has 142 valence electrons. The smallest absolute Gasteiger partial charge is 0.306 e. The fraction of sp³-hybridized carbons (Fsp3) is 0.316. The first-order valence-corrected chi connectivity index (χ1v) is 9.19. The van der Waals surface area contributed by atoms with Gasteiger partial charge in [-0.25, -0.2) is 0 Å². The number of hydrogen-bond acceptors (Lipinski definition) is 7. The van der Waals surface area contributed by atoms with Gasteiger partial charge < -0.3 is 19.5 Å². The average molecular weight is 389 g/mol. The molecule has 0 bridgehead atoms. The van der Waals surface area contributed by atoms with Crippen LogP contribution in [0.4, 0.5) is 5.69 Å². The van der Waals surface area contributed by atoms with Gasteiger partial charge in [-0.1, -0.05) is 0 Å². The Bertz CT molecular complexity index is 888. The monoisotopic (exact) mass is 389 g/mol. The molecule has 1 aliphatic heterocycles. The lowest BCUT2D eigenvalue weighted by atomic mass is 10.1. The highest BCUT2D eigenvalue weighted by molar-refractivity contribution is 7.12. The lowest BCUT2D eigenvalue weighted by Gasteiger charge is -2.07. The number of benzene rings is 1. The molecular formula is C19H19NO6S. The van der Waals surface area contributed by atoms with Gasteiger partial charge in [0.2, 0.25) is 6.79 Å². The van der Waals surface area contributed by atoms with Crippen LogP contribution in [0.1, 0.15) is 33.0 Å². The van der Waals surface area contributed by atoms with Crippen LogP contribution >= 0.6 is 11.3 Å². The maximum absolute atomic E-state index is 12.2. The normalized spacial score (nSPS) is 11.9. The molecule has 0 unspecified atom stereocenters. The second-order valence-electron chi connectivity index (χ2n) is 6.03. The summed E-state index contributed by atoms with van der Waals surface area (Å²) in [5.74, 6) is -0.00679. The van der Waals surface area contributed by atoms with Gasteiger partial charge in [0, 0.05) is 33.5 Å². The highest BCUT2D eigenvalue weighted by Crippen LogP contribution is 2.34. The van der Waals surface area contributed by atoms with Gasteiger partial charge in [-0.2, -0.15) is 0 Å². The third-order valence-corrected chi connectivity index (χ3v) is 4.88. The van der Waals surface area contributed by atoms with Crippen molar-refractivity contribution in [2.24, 2.45) is 0 Å². The molecule has 7 nitrogen and oxygen atoms in total. The van der Waals surface area contributed by atoms with Crippen molar-refractivity contribution < 1.29 is 28.6 Å². The van der Waals surface area contributed by atoms with Gasteiger partial charge in [-0.3, -0.25) is 14.4 Å². The number of thiophene rings is 1. The standard InChI is InChI=1S/C19H19NO6S/c1-11-7-14(12(2)27-11)15(21)4-6-19(23)24-9-18(22)20-13-3-5-16-17(8-13)26-10-25-16/h3,5,7-8H,4,6,9-10H2,1-2H3,(H,20,22). The van der Waals surface area contributed by atoms with Crippen LogP contribution in [0.5, 0.6) is 11.5 Å². The highest BCUT2D eigenvalue weighted by Gasteiger charge is 2.16. The van der Waals surface area contributed by atoms with E-state index in [2.05, 4.69) is 5.32 Å². The molecule has 0 saturated carbocycles. The number of hydrogen-bond donors (Lipinski definition) is 1. The Labute approximate surface area is 160 Å². The third-order valence-electron chi connectivity index (χ3n) is 3.92. The number of anilines is 1. The Morgan fingerprint density at radius 3 is 2.63 bits per heavy atom. The van der Waals surface area contributed by atoms with Gasteiger partial charge in [-0.05, 0) is 32.0 Å². The molecule has 0 fully saturated rings. The number of nitrogens with one attached hydrogen (secondary N) is 1. The van der Waals surface area contributed by atoms with E-state index in [1.165, 1.54) is 0 Å².